The number of nitrogens with zero attached hydrogens (tertiary/aromatic N) is 1. The molecule has 0 saturated carbocycles. The molecule has 2 N–H and O–H groups in total. The fourth-order valence-corrected chi connectivity index (χ4v) is 3.65. The highest BCUT2D eigenvalue weighted by atomic mass is 16.5. The van der Waals surface area contributed by atoms with Gasteiger partial charge >= 0.3 is 0 Å². The van der Waals surface area contributed by atoms with E-state index in [-0.39, 0.29) is 11.3 Å². The van der Waals surface area contributed by atoms with Gasteiger partial charge in [0.15, 0.2) is 11.7 Å². The lowest BCUT2D eigenvalue weighted by Crippen LogP contribution is -2.47. The molecule has 6 heteroatoms. The Morgan fingerprint density at radius 3 is 2.74 bits per heavy atom. The van der Waals surface area contributed by atoms with Crippen LogP contribution < -0.4 is 10.6 Å². The number of ether oxygens (including phenoxy) is 1. The van der Waals surface area contributed by atoms with Crippen molar-refractivity contribution in [3.05, 3.63) is 41.9 Å². The van der Waals surface area contributed by atoms with Crippen molar-refractivity contribution in [1.29, 1.82) is 0 Å². The molecule has 3 rings (SSSR count). The Balaban J connectivity index is 1.52. The molecule has 0 bridgehead atoms. The number of aromatic nitrogens is 1. The molecule has 0 atom stereocenters. The van der Waals surface area contributed by atoms with Gasteiger partial charge in [-0.25, -0.2) is 4.98 Å². The summed E-state index contributed by atoms with van der Waals surface area (Å²) in [5, 5.41) is 6.45. The minimum absolute atomic E-state index is 0.0288. The van der Waals surface area contributed by atoms with E-state index in [0.29, 0.717) is 31.9 Å². The van der Waals surface area contributed by atoms with Crippen LogP contribution in [0.1, 0.15) is 30.8 Å². The van der Waals surface area contributed by atoms with Crippen molar-refractivity contribution < 1.29 is 13.9 Å². The van der Waals surface area contributed by atoms with Gasteiger partial charge in [-0.2, -0.15) is 0 Å². The molecule has 1 aliphatic rings. The van der Waals surface area contributed by atoms with Crippen molar-refractivity contribution in [2.75, 3.05) is 33.4 Å². The maximum atomic E-state index is 12.3. The molecule has 6 nitrogen and oxygen atoms in total. The van der Waals surface area contributed by atoms with Crippen molar-refractivity contribution in [3.63, 3.8) is 0 Å². The zero-order chi connectivity index (χ0) is 19.1. The molecule has 1 saturated heterocycles. The van der Waals surface area contributed by atoms with Crippen molar-refractivity contribution in [3.8, 4) is 11.3 Å². The standard InChI is InChI=1S/C21H29N3O3/c1-16-20(17-6-4-3-5-7-17)27-19(24-16)9-8-18(25)23-14-21(15-26-2)10-12-22-13-11-21/h3-7,22H,8-15H2,1-2H3,(H,23,25). The summed E-state index contributed by atoms with van der Waals surface area (Å²) in [6.07, 6.45) is 2.90. The van der Waals surface area contributed by atoms with Gasteiger partial charge in [0.2, 0.25) is 5.91 Å². The summed E-state index contributed by atoms with van der Waals surface area (Å²) in [5.74, 6) is 1.41. The molecule has 2 heterocycles. The lowest BCUT2D eigenvalue weighted by atomic mass is 9.79. The number of rotatable bonds is 8. The Morgan fingerprint density at radius 2 is 2.04 bits per heavy atom. The third-order valence-corrected chi connectivity index (χ3v) is 5.22. The van der Waals surface area contributed by atoms with E-state index in [4.69, 9.17) is 9.15 Å². The minimum Gasteiger partial charge on any atom is -0.440 e. The van der Waals surface area contributed by atoms with Gasteiger partial charge in [-0.05, 0) is 32.9 Å². The third kappa shape index (κ3) is 5.17. The normalized spacial score (nSPS) is 16.2. The number of carbonyl (C=O) groups excluding carboxylic acids is 1. The number of benzene rings is 1. The topological polar surface area (TPSA) is 76.4 Å². The van der Waals surface area contributed by atoms with E-state index < -0.39 is 0 Å². The van der Waals surface area contributed by atoms with E-state index in [0.717, 1.165) is 42.9 Å². The highest BCUT2D eigenvalue weighted by Crippen LogP contribution is 2.28. The quantitative estimate of drug-likeness (QED) is 0.746. The molecule has 0 spiro atoms. The van der Waals surface area contributed by atoms with Gasteiger partial charge in [-0.15, -0.1) is 0 Å². The summed E-state index contributed by atoms with van der Waals surface area (Å²) in [7, 11) is 1.72. The number of nitrogens with one attached hydrogen (secondary N) is 2. The first kappa shape index (κ1) is 19.6. The van der Waals surface area contributed by atoms with Gasteiger partial charge in [0.25, 0.3) is 0 Å². The monoisotopic (exact) mass is 371 g/mol. The summed E-state index contributed by atoms with van der Waals surface area (Å²) in [4.78, 5) is 16.8. The SMILES string of the molecule is COCC1(CNC(=O)CCc2nc(C)c(-c3ccccc3)o2)CCNCC1. The molecule has 1 aromatic heterocycles. The molecule has 1 aromatic carbocycles. The van der Waals surface area contributed by atoms with Crippen molar-refractivity contribution in [2.24, 2.45) is 5.41 Å². The largest absolute Gasteiger partial charge is 0.440 e. The molecule has 0 radical (unpaired) electrons. The van der Waals surface area contributed by atoms with Gasteiger partial charge in [0, 0.05) is 37.5 Å². The average molecular weight is 371 g/mol. The molecule has 1 aliphatic heterocycles. The minimum atomic E-state index is 0.0288. The van der Waals surface area contributed by atoms with Crippen LogP contribution in [0.25, 0.3) is 11.3 Å². The number of piperidine rings is 1. The Morgan fingerprint density at radius 1 is 1.30 bits per heavy atom. The van der Waals surface area contributed by atoms with Crippen LogP contribution in [0.3, 0.4) is 0 Å². The number of hydrogen-bond donors (Lipinski definition) is 2. The fourth-order valence-electron chi connectivity index (χ4n) is 3.65. The first-order chi connectivity index (χ1) is 13.1. The molecule has 1 fully saturated rings. The predicted octanol–water partition coefficient (Wildman–Crippen LogP) is 2.72. The lowest BCUT2D eigenvalue weighted by molar-refractivity contribution is -0.122. The summed E-state index contributed by atoms with van der Waals surface area (Å²) < 4.78 is 11.3. The first-order valence-corrected chi connectivity index (χ1v) is 9.60. The molecular formula is C21H29N3O3. The van der Waals surface area contributed by atoms with E-state index in [1.807, 2.05) is 37.3 Å². The van der Waals surface area contributed by atoms with E-state index in [9.17, 15) is 4.79 Å². The summed E-state index contributed by atoms with van der Waals surface area (Å²) >= 11 is 0. The van der Waals surface area contributed by atoms with Gasteiger partial charge in [-0.1, -0.05) is 30.3 Å². The van der Waals surface area contributed by atoms with Crippen LogP contribution in [0.15, 0.2) is 34.7 Å². The zero-order valence-corrected chi connectivity index (χ0v) is 16.2. The number of amides is 1. The van der Waals surface area contributed by atoms with Gasteiger partial charge in [0.05, 0.1) is 12.3 Å². The van der Waals surface area contributed by atoms with Crippen LogP contribution in [-0.4, -0.2) is 44.2 Å². The number of aryl methyl sites for hydroxylation is 2. The molecule has 0 aliphatic carbocycles. The zero-order valence-electron chi connectivity index (χ0n) is 16.2. The van der Waals surface area contributed by atoms with Gasteiger partial charge in [-0.3, -0.25) is 4.79 Å². The highest BCUT2D eigenvalue weighted by Gasteiger charge is 2.32. The second kappa shape index (κ2) is 9.15. The summed E-state index contributed by atoms with van der Waals surface area (Å²) in [6.45, 7) is 5.20. The van der Waals surface area contributed by atoms with Crippen molar-refractivity contribution in [2.45, 2.75) is 32.6 Å². The number of carbonyl (C=O) groups is 1. The van der Waals surface area contributed by atoms with E-state index in [2.05, 4.69) is 15.6 Å². The molecule has 2 aromatic rings. The molecular weight excluding hydrogens is 342 g/mol. The van der Waals surface area contributed by atoms with Crippen molar-refractivity contribution >= 4 is 5.91 Å². The van der Waals surface area contributed by atoms with Crippen LogP contribution in [-0.2, 0) is 16.0 Å². The smallest absolute Gasteiger partial charge is 0.220 e. The summed E-state index contributed by atoms with van der Waals surface area (Å²) in [5.41, 5.74) is 1.89. The van der Waals surface area contributed by atoms with Gasteiger partial charge in [0.1, 0.15) is 0 Å². The molecule has 0 unspecified atom stereocenters. The molecule has 27 heavy (non-hydrogen) atoms. The van der Waals surface area contributed by atoms with Crippen LogP contribution in [0.5, 0.6) is 0 Å². The van der Waals surface area contributed by atoms with Crippen LogP contribution in [0.4, 0.5) is 0 Å². The van der Waals surface area contributed by atoms with Gasteiger partial charge < -0.3 is 19.8 Å². The average Bonchev–Trinajstić information content (AvgIpc) is 3.07. The molecule has 1 amide bonds. The Kier molecular flexibility index (Phi) is 6.63. The highest BCUT2D eigenvalue weighted by molar-refractivity contribution is 5.76. The fraction of sp³-hybridized carbons (Fsp3) is 0.524. The number of hydrogen-bond acceptors (Lipinski definition) is 5. The van der Waals surface area contributed by atoms with Crippen LogP contribution in [0.2, 0.25) is 0 Å². The Bertz CT molecular complexity index is 731. The van der Waals surface area contributed by atoms with Crippen LogP contribution >= 0.6 is 0 Å². The number of oxazole rings is 1. The number of methoxy groups -OCH3 is 1. The summed E-state index contributed by atoms with van der Waals surface area (Å²) in [6, 6.07) is 9.91. The van der Waals surface area contributed by atoms with E-state index in [1.54, 1.807) is 7.11 Å². The second-order valence-corrected chi connectivity index (χ2v) is 7.35. The lowest BCUT2D eigenvalue weighted by Gasteiger charge is -2.37. The first-order valence-electron chi connectivity index (χ1n) is 9.60. The second-order valence-electron chi connectivity index (χ2n) is 7.35. The maximum Gasteiger partial charge on any atom is 0.220 e. The van der Waals surface area contributed by atoms with Crippen LogP contribution in [0, 0.1) is 12.3 Å². The van der Waals surface area contributed by atoms with E-state index >= 15 is 0 Å². The molecule has 146 valence electrons. The maximum absolute atomic E-state index is 12.3. The Labute approximate surface area is 160 Å². The third-order valence-electron chi connectivity index (χ3n) is 5.22. The van der Waals surface area contributed by atoms with Crippen molar-refractivity contribution in [1.82, 2.24) is 15.6 Å². The Hall–Kier alpha value is -2.18. The van der Waals surface area contributed by atoms with E-state index in [1.165, 1.54) is 0 Å². The predicted molar refractivity (Wildman–Crippen MR) is 104 cm³/mol.